The average Bonchev–Trinajstić information content (AvgIpc) is 2.29. The second-order valence-corrected chi connectivity index (χ2v) is 4.29. The molecule has 0 fully saturated rings. The van der Waals surface area contributed by atoms with E-state index in [0.717, 1.165) is 0 Å². The molecule has 0 aliphatic carbocycles. The first-order valence-electron chi connectivity index (χ1n) is 5.90. The minimum atomic E-state index is 1.24. The fourth-order valence-corrected chi connectivity index (χ4v) is 1.38. The lowest BCUT2D eigenvalue weighted by Gasteiger charge is -1.93. The zero-order valence-corrected chi connectivity index (χ0v) is 10.9. The Morgan fingerprint density at radius 3 is 2.24 bits per heavy atom. The lowest BCUT2D eigenvalue weighted by Crippen LogP contribution is -1.72. The van der Waals surface area contributed by atoms with E-state index in [2.05, 4.69) is 81.5 Å². The molecule has 0 unspecified atom stereocenters. The first-order valence-corrected chi connectivity index (χ1v) is 5.90. The second kappa shape index (κ2) is 7.45. The Morgan fingerprint density at radius 2 is 1.59 bits per heavy atom. The van der Waals surface area contributed by atoms with Crippen molar-refractivity contribution in [2.75, 3.05) is 0 Å². The molecule has 0 aromatic heterocycles. The Bertz CT molecular complexity index is 438. The molecule has 0 nitrogen and oxygen atoms in total. The van der Waals surface area contributed by atoms with Gasteiger partial charge in [0.25, 0.3) is 0 Å². The van der Waals surface area contributed by atoms with Gasteiger partial charge in [-0.3, -0.25) is 0 Å². The van der Waals surface area contributed by atoms with Crippen LogP contribution in [0.2, 0.25) is 0 Å². The molecule has 1 aromatic carbocycles. The highest BCUT2D eigenvalue weighted by molar-refractivity contribution is 5.55. The molecule has 17 heavy (non-hydrogen) atoms. The summed E-state index contributed by atoms with van der Waals surface area (Å²) < 4.78 is 0. The molecule has 1 rings (SSSR count). The maximum Gasteiger partial charge on any atom is -0.0254 e. The van der Waals surface area contributed by atoms with Crippen molar-refractivity contribution in [2.45, 2.75) is 20.8 Å². The molecule has 0 aliphatic rings. The quantitative estimate of drug-likeness (QED) is 0.619. The van der Waals surface area contributed by atoms with Gasteiger partial charge in [-0.1, -0.05) is 77.9 Å². The van der Waals surface area contributed by atoms with Gasteiger partial charge in [0, 0.05) is 0 Å². The Balaban J connectivity index is 2.58. The van der Waals surface area contributed by atoms with Crippen molar-refractivity contribution in [3.8, 4) is 0 Å². The van der Waals surface area contributed by atoms with Crippen LogP contribution in [0.5, 0.6) is 0 Å². The van der Waals surface area contributed by atoms with Crippen molar-refractivity contribution in [3.05, 3.63) is 77.4 Å². The molecule has 0 atom stereocenters. The van der Waals surface area contributed by atoms with Crippen molar-refractivity contribution in [1.82, 2.24) is 0 Å². The monoisotopic (exact) mass is 224 g/mol. The first-order chi connectivity index (χ1) is 8.18. The molecule has 0 spiro atoms. The maximum absolute atomic E-state index is 2.17. The normalized spacial score (nSPS) is 12.3. The Kier molecular flexibility index (Phi) is 5.81. The summed E-state index contributed by atoms with van der Waals surface area (Å²) in [6.45, 7) is 6.29. The fourth-order valence-electron chi connectivity index (χ4n) is 1.38. The van der Waals surface area contributed by atoms with E-state index in [1.807, 2.05) is 6.07 Å². The minimum Gasteiger partial charge on any atom is -0.0764 e. The summed E-state index contributed by atoms with van der Waals surface area (Å²) >= 11 is 0. The van der Waals surface area contributed by atoms with E-state index < -0.39 is 0 Å². The average molecular weight is 224 g/mol. The molecule has 1 aromatic rings. The predicted molar refractivity (Wildman–Crippen MR) is 77.8 cm³/mol. The van der Waals surface area contributed by atoms with Crippen LogP contribution in [-0.4, -0.2) is 0 Å². The zero-order valence-electron chi connectivity index (χ0n) is 10.9. The molecule has 0 saturated heterocycles. The third-order valence-electron chi connectivity index (χ3n) is 2.20. The predicted octanol–water partition coefficient (Wildman–Crippen LogP) is 5.17. The molecule has 0 N–H and O–H groups in total. The SMILES string of the molecule is CC(C)=CC=CC=CC(C)=Cc1ccccc1. The van der Waals surface area contributed by atoms with Crippen LogP contribution in [0.4, 0.5) is 0 Å². The number of hydrogen-bond acceptors (Lipinski definition) is 0. The van der Waals surface area contributed by atoms with Gasteiger partial charge in [0.15, 0.2) is 0 Å². The first kappa shape index (κ1) is 13.2. The molecular formula is C17H20. The van der Waals surface area contributed by atoms with E-state index in [1.54, 1.807) is 0 Å². The third kappa shape index (κ3) is 6.36. The van der Waals surface area contributed by atoms with Crippen LogP contribution in [0.15, 0.2) is 71.9 Å². The molecular weight excluding hydrogens is 204 g/mol. The summed E-state index contributed by atoms with van der Waals surface area (Å²) in [7, 11) is 0. The van der Waals surface area contributed by atoms with Gasteiger partial charge in [0.1, 0.15) is 0 Å². The number of rotatable bonds is 4. The molecule has 0 heterocycles. The summed E-state index contributed by atoms with van der Waals surface area (Å²) in [6.07, 6.45) is 12.6. The fraction of sp³-hybridized carbons (Fsp3) is 0.176. The lowest BCUT2D eigenvalue weighted by molar-refractivity contribution is 1.39. The van der Waals surface area contributed by atoms with E-state index in [-0.39, 0.29) is 0 Å². The minimum absolute atomic E-state index is 1.24. The summed E-state index contributed by atoms with van der Waals surface area (Å²) in [5, 5.41) is 0. The van der Waals surface area contributed by atoms with E-state index in [1.165, 1.54) is 16.7 Å². The number of allylic oxidation sites excluding steroid dienone is 7. The van der Waals surface area contributed by atoms with Crippen LogP contribution < -0.4 is 0 Å². The second-order valence-electron chi connectivity index (χ2n) is 4.29. The van der Waals surface area contributed by atoms with Crippen molar-refractivity contribution in [1.29, 1.82) is 0 Å². The molecule has 0 aliphatic heterocycles. The van der Waals surface area contributed by atoms with Crippen LogP contribution in [0.1, 0.15) is 26.3 Å². The largest absolute Gasteiger partial charge is 0.0764 e. The van der Waals surface area contributed by atoms with Crippen molar-refractivity contribution in [2.24, 2.45) is 0 Å². The Hall–Kier alpha value is -1.82. The van der Waals surface area contributed by atoms with E-state index in [4.69, 9.17) is 0 Å². The lowest BCUT2D eigenvalue weighted by atomic mass is 10.1. The molecule has 0 saturated carbocycles. The Morgan fingerprint density at radius 1 is 0.882 bits per heavy atom. The summed E-state index contributed by atoms with van der Waals surface area (Å²) in [5.74, 6) is 0. The summed E-state index contributed by atoms with van der Waals surface area (Å²) in [5.41, 5.74) is 3.80. The number of hydrogen-bond donors (Lipinski definition) is 0. The smallest absolute Gasteiger partial charge is 0.0254 e. The molecule has 0 amide bonds. The molecule has 0 radical (unpaired) electrons. The van der Waals surface area contributed by atoms with Crippen LogP contribution >= 0.6 is 0 Å². The van der Waals surface area contributed by atoms with Gasteiger partial charge in [-0.05, 0) is 26.3 Å². The van der Waals surface area contributed by atoms with Gasteiger partial charge < -0.3 is 0 Å². The molecule has 0 bridgehead atoms. The van der Waals surface area contributed by atoms with Gasteiger partial charge in [-0.25, -0.2) is 0 Å². The van der Waals surface area contributed by atoms with Gasteiger partial charge in [-0.15, -0.1) is 0 Å². The third-order valence-corrected chi connectivity index (χ3v) is 2.20. The van der Waals surface area contributed by atoms with E-state index >= 15 is 0 Å². The zero-order chi connectivity index (χ0) is 12.5. The van der Waals surface area contributed by atoms with Gasteiger partial charge in [0.05, 0.1) is 0 Å². The number of benzene rings is 1. The molecule has 88 valence electrons. The van der Waals surface area contributed by atoms with Gasteiger partial charge in [-0.2, -0.15) is 0 Å². The van der Waals surface area contributed by atoms with Gasteiger partial charge >= 0.3 is 0 Å². The summed E-state index contributed by atoms with van der Waals surface area (Å²) in [4.78, 5) is 0. The summed E-state index contributed by atoms with van der Waals surface area (Å²) in [6, 6.07) is 10.4. The maximum atomic E-state index is 2.17. The molecule has 0 heteroatoms. The van der Waals surface area contributed by atoms with Crippen molar-refractivity contribution >= 4 is 6.08 Å². The van der Waals surface area contributed by atoms with E-state index in [0.29, 0.717) is 0 Å². The highest BCUT2D eigenvalue weighted by Gasteiger charge is 1.85. The van der Waals surface area contributed by atoms with Crippen LogP contribution in [0.25, 0.3) is 6.08 Å². The van der Waals surface area contributed by atoms with Crippen LogP contribution in [0.3, 0.4) is 0 Å². The van der Waals surface area contributed by atoms with Crippen LogP contribution in [-0.2, 0) is 0 Å². The topological polar surface area (TPSA) is 0 Å². The Labute approximate surface area is 105 Å². The van der Waals surface area contributed by atoms with Crippen molar-refractivity contribution in [3.63, 3.8) is 0 Å². The highest BCUT2D eigenvalue weighted by atomic mass is 13.9. The standard InChI is InChI=1S/C17H20/c1-15(2)10-6-4-7-11-16(3)14-17-12-8-5-9-13-17/h4-14H,1-3H3. The van der Waals surface area contributed by atoms with Crippen LogP contribution in [0, 0.1) is 0 Å². The highest BCUT2D eigenvalue weighted by Crippen LogP contribution is 2.06. The van der Waals surface area contributed by atoms with E-state index in [9.17, 15) is 0 Å². The van der Waals surface area contributed by atoms with Crippen molar-refractivity contribution < 1.29 is 0 Å². The van der Waals surface area contributed by atoms with Gasteiger partial charge in [0.2, 0.25) is 0 Å².